The van der Waals surface area contributed by atoms with Crippen molar-refractivity contribution in [2.24, 2.45) is 0 Å². The van der Waals surface area contributed by atoms with E-state index in [-0.39, 0.29) is 11.2 Å². The van der Waals surface area contributed by atoms with E-state index >= 15 is 0 Å². The molecule has 3 N–H and O–H groups in total. The Labute approximate surface area is 159 Å². The van der Waals surface area contributed by atoms with Gasteiger partial charge in [0.25, 0.3) is 5.91 Å². The van der Waals surface area contributed by atoms with Crippen molar-refractivity contribution in [2.75, 3.05) is 11.1 Å². The average Bonchev–Trinajstić information content (AvgIpc) is 3.10. The molecule has 0 bridgehead atoms. The van der Waals surface area contributed by atoms with Crippen LogP contribution in [0.15, 0.2) is 35.7 Å². The Kier molecular flexibility index (Phi) is 5.63. The molecule has 0 saturated heterocycles. The molecule has 26 heavy (non-hydrogen) atoms. The average molecular weight is 390 g/mol. The molecule has 3 rings (SSSR count). The SMILES string of the molecule is CC(NC(=O)c1ccc(NC(=O)C2SCCc3sccc32)cc1)C(=O)O. The predicted molar refractivity (Wildman–Crippen MR) is 103 cm³/mol. The highest BCUT2D eigenvalue weighted by Gasteiger charge is 2.28. The van der Waals surface area contributed by atoms with Crippen molar-refractivity contribution < 1.29 is 19.5 Å². The molecule has 8 heteroatoms. The van der Waals surface area contributed by atoms with Crippen LogP contribution in [0, 0.1) is 0 Å². The highest BCUT2D eigenvalue weighted by molar-refractivity contribution is 8.00. The number of hydrogen-bond donors (Lipinski definition) is 3. The summed E-state index contributed by atoms with van der Waals surface area (Å²) < 4.78 is 0. The van der Waals surface area contributed by atoms with Crippen LogP contribution in [0.4, 0.5) is 5.69 Å². The molecule has 0 radical (unpaired) electrons. The van der Waals surface area contributed by atoms with E-state index in [1.165, 1.54) is 11.8 Å². The molecule has 2 heterocycles. The van der Waals surface area contributed by atoms with Gasteiger partial charge in [-0.3, -0.25) is 14.4 Å². The van der Waals surface area contributed by atoms with Gasteiger partial charge in [-0.15, -0.1) is 23.1 Å². The molecular formula is C18H18N2O4S2. The fourth-order valence-corrected chi connectivity index (χ4v) is 4.91. The van der Waals surface area contributed by atoms with Gasteiger partial charge in [-0.25, -0.2) is 0 Å². The summed E-state index contributed by atoms with van der Waals surface area (Å²) in [7, 11) is 0. The summed E-state index contributed by atoms with van der Waals surface area (Å²) in [6.07, 6.45) is 1.00. The van der Waals surface area contributed by atoms with Gasteiger partial charge in [-0.05, 0) is 60.4 Å². The summed E-state index contributed by atoms with van der Waals surface area (Å²) in [6.45, 7) is 1.40. The third-order valence-corrected chi connectivity index (χ3v) is 6.28. The number of carbonyl (C=O) groups is 3. The van der Waals surface area contributed by atoms with Crippen molar-refractivity contribution in [1.29, 1.82) is 0 Å². The molecule has 0 saturated carbocycles. The van der Waals surface area contributed by atoms with Gasteiger partial charge >= 0.3 is 5.97 Å². The molecule has 0 spiro atoms. The smallest absolute Gasteiger partial charge is 0.325 e. The molecule has 1 aliphatic rings. The minimum atomic E-state index is -1.10. The first-order valence-corrected chi connectivity index (χ1v) is 10.0. The van der Waals surface area contributed by atoms with Gasteiger partial charge in [-0.2, -0.15) is 0 Å². The summed E-state index contributed by atoms with van der Waals surface area (Å²) >= 11 is 3.32. The summed E-state index contributed by atoms with van der Waals surface area (Å²) in [4.78, 5) is 36.6. The molecule has 6 nitrogen and oxygen atoms in total. The molecular weight excluding hydrogens is 372 g/mol. The van der Waals surface area contributed by atoms with Gasteiger partial charge in [0.2, 0.25) is 5.91 Å². The van der Waals surface area contributed by atoms with E-state index in [0.717, 1.165) is 17.7 Å². The number of aliphatic carboxylic acids is 1. The number of carbonyl (C=O) groups excluding carboxylic acids is 2. The fraction of sp³-hybridized carbons (Fsp3) is 0.278. The zero-order chi connectivity index (χ0) is 18.7. The number of amides is 2. The number of thiophene rings is 1. The Morgan fingerprint density at radius 2 is 1.92 bits per heavy atom. The number of hydrogen-bond acceptors (Lipinski definition) is 5. The first kappa shape index (κ1) is 18.5. The molecule has 136 valence electrons. The maximum absolute atomic E-state index is 12.6. The Morgan fingerprint density at radius 1 is 1.19 bits per heavy atom. The van der Waals surface area contributed by atoms with Crippen molar-refractivity contribution >= 4 is 46.6 Å². The van der Waals surface area contributed by atoms with Crippen LogP contribution in [0.1, 0.15) is 33.0 Å². The number of nitrogens with one attached hydrogen (secondary N) is 2. The minimum absolute atomic E-state index is 0.0777. The third-order valence-electron chi connectivity index (χ3n) is 4.05. The fourth-order valence-electron chi connectivity index (χ4n) is 2.62. The van der Waals surface area contributed by atoms with Crippen molar-refractivity contribution in [1.82, 2.24) is 5.32 Å². The lowest BCUT2D eigenvalue weighted by Gasteiger charge is -2.21. The highest BCUT2D eigenvalue weighted by Crippen LogP contribution is 2.39. The second-order valence-corrected chi connectivity index (χ2v) is 8.11. The summed E-state index contributed by atoms with van der Waals surface area (Å²) in [5, 5.41) is 15.9. The predicted octanol–water partition coefficient (Wildman–Crippen LogP) is 2.92. The number of carboxylic acids is 1. The van der Waals surface area contributed by atoms with Gasteiger partial charge in [-0.1, -0.05) is 0 Å². The minimum Gasteiger partial charge on any atom is -0.480 e. The Bertz CT molecular complexity index is 832. The first-order valence-electron chi connectivity index (χ1n) is 8.08. The molecule has 1 aromatic heterocycles. The third kappa shape index (κ3) is 4.08. The number of anilines is 1. The highest BCUT2D eigenvalue weighted by atomic mass is 32.2. The van der Waals surface area contributed by atoms with Crippen molar-refractivity contribution in [2.45, 2.75) is 24.6 Å². The van der Waals surface area contributed by atoms with Gasteiger partial charge in [0.15, 0.2) is 0 Å². The van der Waals surface area contributed by atoms with E-state index in [0.29, 0.717) is 11.3 Å². The summed E-state index contributed by atoms with van der Waals surface area (Å²) in [5.74, 6) is -0.721. The Balaban J connectivity index is 1.64. The number of aryl methyl sites for hydroxylation is 1. The molecule has 1 aromatic carbocycles. The first-order chi connectivity index (χ1) is 12.5. The van der Waals surface area contributed by atoms with Crippen LogP contribution in [-0.4, -0.2) is 34.7 Å². The van der Waals surface area contributed by atoms with Crippen LogP contribution in [0.25, 0.3) is 0 Å². The lowest BCUT2D eigenvalue weighted by Crippen LogP contribution is -2.38. The van der Waals surface area contributed by atoms with E-state index in [1.54, 1.807) is 47.4 Å². The second-order valence-electron chi connectivity index (χ2n) is 5.90. The van der Waals surface area contributed by atoms with Crippen LogP contribution >= 0.6 is 23.1 Å². The lowest BCUT2D eigenvalue weighted by molar-refractivity contribution is -0.138. The van der Waals surface area contributed by atoms with E-state index in [2.05, 4.69) is 10.6 Å². The van der Waals surface area contributed by atoms with Crippen molar-refractivity contribution in [3.63, 3.8) is 0 Å². The lowest BCUT2D eigenvalue weighted by atomic mass is 10.1. The van der Waals surface area contributed by atoms with Crippen LogP contribution in [0.5, 0.6) is 0 Å². The number of carboxylic acid groups (broad SMARTS) is 1. The van der Waals surface area contributed by atoms with E-state index < -0.39 is 17.9 Å². The van der Waals surface area contributed by atoms with E-state index in [1.807, 2.05) is 11.4 Å². The van der Waals surface area contributed by atoms with Gasteiger partial charge in [0, 0.05) is 16.1 Å². The zero-order valence-corrected chi connectivity index (χ0v) is 15.7. The standard InChI is InChI=1S/C18H18N2O4S2/c1-10(18(23)24)19-16(21)11-2-4-12(5-3-11)20-17(22)15-13-6-8-25-14(13)7-9-26-15/h2-6,8,10,15H,7,9H2,1H3,(H,19,21)(H,20,22)(H,23,24). The van der Waals surface area contributed by atoms with E-state index in [9.17, 15) is 14.4 Å². The van der Waals surface area contributed by atoms with Gasteiger partial charge < -0.3 is 15.7 Å². The number of thioether (sulfide) groups is 1. The Morgan fingerprint density at radius 3 is 2.62 bits per heavy atom. The second kappa shape index (κ2) is 7.92. The van der Waals surface area contributed by atoms with Crippen LogP contribution in [0.3, 0.4) is 0 Å². The normalized spacial score (nSPS) is 17.0. The Hall–Kier alpha value is -2.32. The maximum Gasteiger partial charge on any atom is 0.325 e. The number of fused-ring (bicyclic) bond motifs is 1. The summed E-state index contributed by atoms with van der Waals surface area (Å²) in [5.41, 5.74) is 2.02. The van der Waals surface area contributed by atoms with E-state index in [4.69, 9.17) is 5.11 Å². The molecule has 2 atom stereocenters. The maximum atomic E-state index is 12.6. The van der Waals surface area contributed by atoms with Crippen LogP contribution in [0.2, 0.25) is 0 Å². The largest absolute Gasteiger partial charge is 0.480 e. The number of benzene rings is 1. The van der Waals surface area contributed by atoms with Crippen molar-refractivity contribution in [3.05, 3.63) is 51.7 Å². The molecule has 0 aliphatic carbocycles. The molecule has 2 amide bonds. The zero-order valence-electron chi connectivity index (χ0n) is 14.0. The van der Waals surface area contributed by atoms with Gasteiger partial charge in [0.05, 0.1) is 0 Å². The monoisotopic (exact) mass is 390 g/mol. The summed E-state index contributed by atoms with van der Waals surface area (Å²) in [6, 6.07) is 7.44. The van der Waals surface area contributed by atoms with Crippen LogP contribution in [-0.2, 0) is 16.0 Å². The molecule has 1 aliphatic heterocycles. The number of rotatable bonds is 5. The van der Waals surface area contributed by atoms with Crippen molar-refractivity contribution in [3.8, 4) is 0 Å². The quantitative estimate of drug-likeness (QED) is 0.730. The molecule has 0 fully saturated rings. The molecule has 2 unspecified atom stereocenters. The topological polar surface area (TPSA) is 95.5 Å². The van der Waals surface area contributed by atoms with Crippen LogP contribution < -0.4 is 10.6 Å². The van der Waals surface area contributed by atoms with Gasteiger partial charge in [0.1, 0.15) is 11.3 Å². The molecule has 2 aromatic rings.